The lowest BCUT2D eigenvalue weighted by Crippen LogP contribution is -2.60. The predicted molar refractivity (Wildman–Crippen MR) is 123 cm³/mol. The molecule has 0 saturated carbocycles. The molecular weight excluding hydrogens is 420 g/mol. The Morgan fingerprint density at radius 2 is 1.06 bits per heavy atom. The van der Waals surface area contributed by atoms with Crippen molar-refractivity contribution in [1.29, 1.82) is 0 Å². The highest BCUT2D eigenvalue weighted by atomic mass is 16.7. The molecule has 0 amide bonds. The zero-order valence-electron chi connectivity index (χ0n) is 18.4. The summed E-state index contributed by atoms with van der Waals surface area (Å²) >= 11 is 0. The van der Waals surface area contributed by atoms with Gasteiger partial charge in [-0.3, -0.25) is 0 Å². The first kappa shape index (κ1) is 23.6. The van der Waals surface area contributed by atoms with Crippen molar-refractivity contribution in [2.45, 2.75) is 50.5 Å². The second kappa shape index (κ2) is 12.0. The molecule has 1 unspecified atom stereocenters. The van der Waals surface area contributed by atoms with Crippen molar-refractivity contribution in [2.24, 2.45) is 0 Å². The number of rotatable bonds is 10. The van der Waals surface area contributed by atoms with E-state index in [1.54, 1.807) is 0 Å². The molecule has 1 aliphatic rings. The van der Waals surface area contributed by atoms with Gasteiger partial charge >= 0.3 is 0 Å². The number of benzene rings is 3. The first-order valence-corrected chi connectivity index (χ1v) is 11.1. The van der Waals surface area contributed by atoms with Crippen LogP contribution in [0.1, 0.15) is 16.7 Å². The zero-order valence-corrected chi connectivity index (χ0v) is 18.4. The third-order valence-electron chi connectivity index (χ3n) is 5.60. The van der Waals surface area contributed by atoms with Crippen molar-refractivity contribution < 1.29 is 29.2 Å². The van der Waals surface area contributed by atoms with Gasteiger partial charge in [0.15, 0.2) is 6.29 Å². The summed E-state index contributed by atoms with van der Waals surface area (Å²) in [5.41, 5.74) is 2.94. The summed E-state index contributed by atoms with van der Waals surface area (Å²) < 4.78 is 23.6. The van der Waals surface area contributed by atoms with Crippen LogP contribution < -0.4 is 0 Å². The molecule has 0 bridgehead atoms. The van der Waals surface area contributed by atoms with E-state index in [0.717, 1.165) is 16.7 Å². The van der Waals surface area contributed by atoms with Crippen molar-refractivity contribution in [3.05, 3.63) is 108 Å². The normalized spacial score (nSPS) is 25.1. The molecule has 4 rings (SSSR count). The van der Waals surface area contributed by atoms with Crippen molar-refractivity contribution in [1.82, 2.24) is 0 Å². The molecule has 2 N–H and O–H groups in total. The Labute approximate surface area is 194 Å². The molecule has 1 aliphatic heterocycles. The van der Waals surface area contributed by atoms with Crippen LogP contribution in [0.2, 0.25) is 0 Å². The Bertz CT molecular complexity index is 935. The Morgan fingerprint density at radius 3 is 1.58 bits per heavy atom. The van der Waals surface area contributed by atoms with Crippen LogP contribution in [0.3, 0.4) is 0 Å². The third kappa shape index (κ3) is 6.71. The molecule has 1 saturated heterocycles. The minimum absolute atomic E-state index is 0.161. The highest BCUT2D eigenvalue weighted by Crippen LogP contribution is 2.27. The molecule has 174 valence electrons. The summed E-state index contributed by atoms with van der Waals surface area (Å²) in [4.78, 5) is 0. The SMILES string of the molecule is OC1O[C@@H](COCc2ccccc2)[C@H](OCc2ccccc2)[C@@H](O)[C@@H]1OCc1ccccc1. The van der Waals surface area contributed by atoms with Crippen LogP contribution >= 0.6 is 0 Å². The van der Waals surface area contributed by atoms with Gasteiger partial charge in [0.25, 0.3) is 0 Å². The summed E-state index contributed by atoms with van der Waals surface area (Å²) in [6.07, 6.45) is -4.72. The molecule has 0 aliphatic carbocycles. The van der Waals surface area contributed by atoms with E-state index in [4.69, 9.17) is 18.9 Å². The quantitative estimate of drug-likeness (QED) is 0.493. The predicted octanol–water partition coefficient (Wildman–Crippen LogP) is 3.45. The van der Waals surface area contributed by atoms with E-state index >= 15 is 0 Å². The molecule has 3 aromatic carbocycles. The van der Waals surface area contributed by atoms with E-state index < -0.39 is 30.7 Å². The monoisotopic (exact) mass is 450 g/mol. The Balaban J connectivity index is 1.41. The fourth-order valence-corrected chi connectivity index (χ4v) is 3.83. The topological polar surface area (TPSA) is 77.4 Å². The van der Waals surface area contributed by atoms with Gasteiger partial charge in [0.1, 0.15) is 24.4 Å². The summed E-state index contributed by atoms with van der Waals surface area (Å²) in [6, 6.07) is 29.1. The van der Waals surface area contributed by atoms with E-state index in [-0.39, 0.29) is 13.2 Å². The van der Waals surface area contributed by atoms with Gasteiger partial charge in [-0.05, 0) is 16.7 Å². The van der Waals surface area contributed by atoms with E-state index in [9.17, 15) is 10.2 Å². The molecular formula is C27H30O6. The third-order valence-corrected chi connectivity index (χ3v) is 5.60. The van der Waals surface area contributed by atoms with Crippen molar-refractivity contribution in [3.8, 4) is 0 Å². The molecule has 0 radical (unpaired) electrons. The molecule has 0 spiro atoms. The highest BCUT2D eigenvalue weighted by Gasteiger charge is 2.46. The van der Waals surface area contributed by atoms with Gasteiger partial charge < -0.3 is 29.2 Å². The van der Waals surface area contributed by atoms with Gasteiger partial charge in [-0.25, -0.2) is 0 Å². The van der Waals surface area contributed by atoms with Gasteiger partial charge in [-0.15, -0.1) is 0 Å². The molecule has 1 fully saturated rings. The summed E-state index contributed by atoms with van der Waals surface area (Å²) in [5, 5.41) is 21.7. The van der Waals surface area contributed by atoms with Crippen molar-refractivity contribution >= 4 is 0 Å². The van der Waals surface area contributed by atoms with Crippen LogP contribution in [0.4, 0.5) is 0 Å². The van der Waals surface area contributed by atoms with Gasteiger partial charge in [-0.1, -0.05) is 91.0 Å². The fraction of sp³-hybridized carbons (Fsp3) is 0.333. The van der Waals surface area contributed by atoms with Crippen LogP contribution in [-0.4, -0.2) is 47.5 Å². The number of hydrogen-bond donors (Lipinski definition) is 2. The fourth-order valence-electron chi connectivity index (χ4n) is 3.83. The lowest BCUT2D eigenvalue weighted by molar-refractivity contribution is -0.308. The Morgan fingerprint density at radius 1 is 0.606 bits per heavy atom. The number of aliphatic hydroxyl groups excluding tert-OH is 2. The zero-order chi connectivity index (χ0) is 22.9. The molecule has 1 heterocycles. The smallest absolute Gasteiger partial charge is 0.184 e. The van der Waals surface area contributed by atoms with Crippen LogP contribution in [0.15, 0.2) is 91.0 Å². The average molecular weight is 451 g/mol. The number of ether oxygens (including phenoxy) is 4. The first-order valence-electron chi connectivity index (χ1n) is 11.1. The molecule has 5 atom stereocenters. The van der Waals surface area contributed by atoms with Gasteiger partial charge in [0, 0.05) is 0 Å². The first-order chi connectivity index (χ1) is 16.2. The number of hydrogen-bond acceptors (Lipinski definition) is 6. The van der Waals surface area contributed by atoms with E-state index in [2.05, 4.69) is 0 Å². The second-order valence-electron chi connectivity index (χ2n) is 8.08. The Hall–Kier alpha value is -2.58. The van der Waals surface area contributed by atoms with Gasteiger partial charge in [0.05, 0.1) is 26.4 Å². The van der Waals surface area contributed by atoms with Crippen LogP contribution in [0.5, 0.6) is 0 Å². The van der Waals surface area contributed by atoms with Gasteiger partial charge in [0.2, 0.25) is 0 Å². The summed E-state index contributed by atoms with van der Waals surface area (Å²) in [5.74, 6) is 0. The molecule has 3 aromatic rings. The lowest BCUT2D eigenvalue weighted by Gasteiger charge is -2.42. The molecule has 33 heavy (non-hydrogen) atoms. The summed E-state index contributed by atoms with van der Waals surface area (Å²) in [7, 11) is 0. The summed E-state index contributed by atoms with van der Waals surface area (Å²) in [6.45, 7) is 1.09. The maximum atomic E-state index is 11.1. The van der Waals surface area contributed by atoms with Crippen LogP contribution in [-0.2, 0) is 38.8 Å². The maximum Gasteiger partial charge on any atom is 0.184 e. The largest absolute Gasteiger partial charge is 0.387 e. The molecule has 6 heteroatoms. The molecule has 6 nitrogen and oxygen atoms in total. The van der Waals surface area contributed by atoms with E-state index in [1.807, 2.05) is 91.0 Å². The molecule has 0 aromatic heterocycles. The number of aliphatic hydroxyl groups is 2. The van der Waals surface area contributed by atoms with E-state index in [0.29, 0.717) is 13.2 Å². The van der Waals surface area contributed by atoms with Crippen molar-refractivity contribution in [2.75, 3.05) is 6.61 Å². The van der Waals surface area contributed by atoms with Crippen LogP contribution in [0.25, 0.3) is 0 Å². The Kier molecular flexibility index (Phi) is 8.60. The lowest BCUT2D eigenvalue weighted by atomic mass is 9.98. The highest BCUT2D eigenvalue weighted by molar-refractivity contribution is 5.15. The van der Waals surface area contributed by atoms with Crippen molar-refractivity contribution in [3.63, 3.8) is 0 Å². The average Bonchev–Trinajstić information content (AvgIpc) is 2.85. The second-order valence-corrected chi connectivity index (χ2v) is 8.08. The minimum Gasteiger partial charge on any atom is -0.387 e. The van der Waals surface area contributed by atoms with Crippen LogP contribution in [0, 0.1) is 0 Å². The van der Waals surface area contributed by atoms with E-state index in [1.165, 1.54) is 0 Å². The maximum absolute atomic E-state index is 11.1. The van der Waals surface area contributed by atoms with Gasteiger partial charge in [-0.2, -0.15) is 0 Å². The minimum atomic E-state index is -1.30. The standard InChI is InChI=1S/C27H30O6/c28-24-25(31-17-21-12-6-2-7-13-21)23(19-30-16-20-10-4-1-5-11-20)33-27(29)26(24)32-18-22-14-8-3-9-15-22/h1-15,23-29H,16-19H2/t23-,24+,25-,26-,27?/m0/s1.